The topological polar surface area (TPSA) is 38.3 Å². The maximum Gasteiger partial charge on any atom is 0.406 e. The molecule has 1 rings (SSSR count). The highest BCUT2D eigenvalue weighted by Crippen LogP contribution is 2.49. The Bertz CT molecular complexity index is 261. The molecular formula is C10H16F3NO2. The van der Waals surface area contributed by atoms with Gasteiger partial charge in [-0.1, -0.05) is 6.92 Å². The third-order valence-corrected chi connectivity index (χ3v) is 2.72. The minimum absolute atomic E-state index is 0.0341. The van der Waals surface area contributed by atoms with Crippen LogP contribution in [-0.2, 0) is 9.53 Å². The first kappa shape index (κ1) is 13.3. The fourth-order valence-electron chi connectivity index (χ4n) is 1.54. The second-order valence-electron chi connectivity index (χ2n) is 3.94. The van der Waals surface area contributed by atoms with Gasteiger partial charge >= 0.3 is 12.1 Å². The molecule has 94 valence electrons. The summed E-state index contributed by atoms with van der Waals surface area (Å²) in [6, 6.07) is -0.871. The van der Waals surface area contributed by atoms with Crippen molar-refractivity contribution in [3.05, 3.63) is 0 Å². The minimum Gasteiger partial charge on any atom is -0.465 e. The molecule has 1 atom stereocenters. The highest BCUT2D eigenvalue weighted by atomic mass is 19.4. The summed E-state index contributed by atoms with van der Waals surface area (Å²) in [4.78, 5) is 11.4. The molecule has 0 heterocycles. The molecule has 0 amide bonds. The highest BCUT2D eigenvalue weighted by molar-refractivity contribution is 5.75. The number of hydrogen-bond acceptors (Lipinski definition) is 3. The average Bonchev–Trinajstić information content (AvgIpc) is 2.94. The zero-order valence-electron chi connectivity index (χ0n) is 9.36. The first-order valence-corrected chi connectivity index (χ1v) is 5.37. The molecule has 0 spiro atoms. The van der Waals surface area contributed by atoms with Gasteiger partial charge in [0.15, 0.2) is 0 Å². The largest absolute Gasteiger partial charge is 0.465 e. The van der Waals surface area contributed by atoms with Crippen LogP contribution in [0.1, 0.15) is 33.1 Å². The van der Waals surface area contributed by atoms with Gasteiger partial charge in [0.05, 0.1) is 6.61 Å². The molecule has 16 heavy (non-hydrogen) atoms. The van der Waals surface area contributed by atoms with E-state index in [0.29, 0.717) is 0 Å². The summed E-state index contributed by atoms with van der Waals surface area (Å²) in [5.74, 6) is -0.611. The third kappa shape index (κ3) is 2.66. The highest BCUT2D eigenvalue weighted by Gasteiger charge is 2.64. The molecule has 1 fully saturated rings. The lowest BCUT2D eigenvalue weighted by Gasteiger charge is -2.25. The summed E-state index contributed by atoms with van der Waals surface area (Å²) in [5.41, 5.74) is -1.86. The minimum atomic E-state index is -4.30. The van der Waals surface area contributed by atoms with Gasteiger partial charge in [-0.2, -0.15) is 13.2 Å². The SMILES string of the molecule is CCOC(=O)C(CC)NC1(C(F)(F)F)CC1. The Morgan fingerprint density at radius 3 is 2.31 bits per heavy atom. The van der Waals surface area contributed by atoms with E-state index in [1.807, 2.05) is 0 Å². The number of halogens is 3. The second-order valence-corrected chi connectivity index (χ2v) is 3.94. The average molecular weight is 239 g/mol. The van der Waals surface area contributed by atoms with Gasteiger partial charge in [0.2, 0.25) is 0 Å². The fourth-order valence-corrected chi connectivity index (χ4v) is 1.54. The monoisotopic (exact) mass is 239 g/mol. The van der Waals surface area contributed by atoms with Gasteiger partial charge in [0.25, 0.3) is 0 Å². The van der Waals surface area contributed by atoms with E-state index in [2.05, 4.69) is 5.32 Å². The molecule has 0 radical (unpaired) electrons. The maximum absolute atomic E-state index is 12.6. The molecule has 0 aliphatic heterocycles. The molecule has 1 unspecified atom stereocenters. The van der Waals surface area contributed by atoms with Gasteiger partial charge in [-0.05, 0) is 26.2 Å². The van der Waals surface area contributed by atoms with E-state index in [0.717, 1.165) is 0 Å². The van der Waals surface area contributed by atoms with E-state index < -0.39 is 23.7 Å². The second kappa shape index (κ2) is 4.61. The molecule has 0 aromatic carbocycles. The lowest BCUT2D eigenvalue weighted by molar-refractivity contribution is -0.171. The fraction of sp³-hybridized carbons (Fsp3) is 0.900. The van der Waals surface area contributed by atoms with E-state index in [1.54, 1.807) is 13.8 Å². The van der Waals surface area contributed by atoms with Crippen molar-refractivity contribution in [3.63, 3.8) is 0 Å². The summed E-state index contributed by atoms with van der Waals surface area (Å²) >= 11 is 0. The predicted molar refractivity (Wildman–Crippen MR) is 51.9 cm³/mol. The van der Waals surface area contributed by atoms with Crippen LogP contribution in [-0.4, -0.2) is 30.3 Å². The van der Waals surface area contributed by atoms with Gasteiger partial charge in [-0.15, -0.1) is 0 Å². The molecule has 0 aromatic rings. The summed E-state index contributed by atoms with van der Waals surface area (Å²) in [7, 11) is 0. The Morgan fingerprint density at radius 1 is 1.44 bits per heavy atom. The number of alkyl halides is 3. The molecule has 0 saturated heterocycles. The number of esters is 1. The van der Waals surface area contributed by atoms with E-state index in [9.17, 15) is 18.0 Å². The quantitative estimate of drug-likeness (QED) is 0.746. The molecule has 0 aromatic heterocycles. The smallest absolute Gasteiger partial charge is 0.406 e. The summed E-state index contributed by atoms with van der Waals surface area (Å²) in [6.45, 7) is 3.46. The van der Waals surface area contributed by atoms with Crippen molar-refractivity contribution in [2.45, 2.75) is 50.9 Å². The van der Waals surface area contributed by atoms with E-state index in [1.165, 1.54) is 0 Å². The molecular weight excluding hydrogens is 223 g/mol. The van der Waals surface area contributed by atoms with Crippen LogP contribution in [0.5, 0.6) is 0 Å². The zero-order chi connectivity index (χ0) is 12.4. The number of ether oxygens (including phenoxy) is 1. The van der Waals surface area contributed by atoms with Crippen LogP contribution in [0.2, 0.25) is 0 Å². The molecule has 1 saturated carbocycles. The Morgan fingerprint density at radius 2 is 2.00 bits per heavy atom. The molecule has 1 aliphatic rings. The normalized spacial score (nSPS) is 20.3. The van der Waals surface area contributed by atoms with Crippen LogP contribution in [0.15, 0.2) is 0 Å². The Kier molecular flexibility index (Phi) is 3.83. The first-order chi connectivity index (χ1) is 7.36. The Balaban J connectivity index is 2.61. The number of carbonyl (C=O) groups excluding carboxylic acids is 1. The lowest BCUT2D eigenvalue weighted by Crippen LogP contribution is -2.52. The van der Waals surface area contributed by atoms with Crippen LogP contribution >= 0.6 is 0 Å². The van der Waals surface area contributed by atoms with Crippen molar-refractivity contribution in [1.29, 1.82) is 0 Å². The van der Waals surface area contributed by atoms with E-state index in [4.69, 9.17) is 4.74 Å². The van der Waals surface area contributed by atoms with Crippen molar-refractivity contribution in [2.24, 2.45) is 0 Å². The molecule has 6 heteroatoms. The predicted octanol–water partition coefficient (Wildman–Crippen LogP) is 2.01. The van der Waals surface area contributed by atoms with Crippen molar-refractivity contribution < 1.29 is 22.7 Å². The summed E-state index contributed by atoms with van der Waals surface area (Å²) < 4.78 is 42.6. The van der Waals surface area contributed by atoms with Crippen molar-refractivity contribution in [1.82, 2.24) is 5.32 Å². The molecule has 0 bridgehead atoms. The Labute approximate surface area is 92.3 Å². The number of hydrogen-bond donors (Lipinski definition) is 1. The van der Waals surface area contributed by atoms with Crippen LogP contribution in [0.25, 0.3) is 0 Å². The van der Waals surface area contributed by atoms with Gasteiger partial charge in [0, 0.05) is 0 Å². The van der Waals surface area contributed by atoms with Crippen LogP contribution in [0, 0.1) is 0 Å². The first-order valence-electron chi connectivity index (χ1n) is 5.37. The van der Waals surface area contributed by atoms with E-state index >= 15 is 0 Å². The summed E-state index contributed by atoms with van der Waals surface area (Å²) in [5, 5.41) is 2.38. The molecule has 1 N–H and O–H groups in total. The lowest BCUT2D eigenvalue weighted by atomic mass is 10.1. The van der Waals surface area contributed by atoms with Crippen molar-refractivity contribution in [3.8, 4) is 0 Å². The van der Waals surface area contributed by atoms with Crippen LogP contribution in [0.3, 0.4) is 0 Å². The van der Waals surface area contributed by atoms with Crippen LogP contribution < -0.4 is 5.32 Å². The summed E-state index contributed by atoms with van der Waals surface area (Å²) in [6.07, 6.45) is -3.94. The zero-order valence-corrected chi connectivity index (χ0v) is 9.36. The molecule has 1 aliphatic carbocycles. The number of nitrogens with one attached hydrogen (secondary N) is 1. The third-order valence-electron chi connectivity index (χ3n) is 2.72. The molecule has 3 nitrogen and oxygen atoms in total. The number of rotatable bonds is 5. The Hall–Kier alpha value is -0.780. The van der Waals surface area contributed by atoms with E-state index in [-0.39, 0.29) is 25.9 Å². The van der Waals surface area contributed by atoms with Gasteiger partial charge < -0.3 is 4.74 Å². The standard InChI is InChI=1S/C10H16F3NO2/c1-3-7(8(15)16-4-2)14-9(5-6-9)10(11,12)13/h7,14H,3-6H2,1-2H3. The van der Waals surface area contributed by atoms with Crippen molar-refractivity contribution in [2.75, 3.05) is 6.61 Å². The van der Waals surface area contributed by atoms with Gasteiger partial charge in [0.1, 0.15) is 11.6 Å². The van der Waals surface area contributed by atoms with Gasteiger partial charge in [-0.3, -0.25) is 10.1 Å². The maximum atomic E-state index is 12.6. The number of carbonyl (C=O) groups is 1. The van der Waals surface area contributed by atoms with Crippen LogP contribution in [0.4, 0.5) is 13.2 Å². The van der Waals surface area contributed by atoms with Crippen molar-refractivity contribution >= 4 is 5.97 Å². The van der Waals surface area contributed by atoms with Gasteiger partial charge in [-0.25, -0.2) is 0 Å².